The van der Waals surface area contributed by atoms with Gasteiger partial charge >= 0.3 is 0 Å². The highest BCUT2D eigenvalue weighted by molar-refractivity contribution is 5.24. The first kappa shape index (κ1) is 8.70. The summed E-state index contributed by atoms with van der Waals surface area (Å²) in [5.74, 6) is -0.0718. The largest absolute Gasteiger partial charge is 0.299 e. The molecule has 0 N–H and O–H groups in total. The SMILES string of the molecule is Cc1ccc(F)c(CN2CCC2)c1. The second kappa shape index (κ2) is 3.46. The Balaban J connectivity index is 2.13. The number of hydrogen-bond donors (Lipinski definition) is 0. The van der Waals surface area contributed by atoms with Gasteiger partial charge in [0.2, 0.25) is 0 Å². The van der Waals surface area contributed by atoms with E-state index >= 15 is 0 Å². The molecule has 0 amide bonds. The Bertz CT molecular complexity index is 305. The molecule has 0 saturated carbocycles. The summed E-state index contributed by atoms with van der Waals surface area (Å²) in [6, 6.07) is 5.31. The Kier molecular flexibility index (Phi) is 2.32. The van der Waals surface area contributed by atoms with E-state index < -0.39 is 0 Å². The van der Waals surface area contributed by atoms with Gasteiger partial charge < -0.3 is 0 Å². The quantitative estimate of drug-likeness (QED) is 0.673. The van der Waals surface area contributed by atoms with E-state index in [4.69, 9.17) is 0 Å². The predicted octanol–water partition coefficient (Wildman–Crippen LogP) is 2.34. The number of benzene rings is 1. The molecule has 1 aliphatic heterocycles. The van der Waals surface area contributed by atoms with E-state index in [1.807, 2.05) is 19.1 Å². The third kappa shape index (κ3) is 1.89. The van der Waals surface area contributed by atoms with E-state index in [1.165, 1.54) is 6.42 Å². The molecule has 0 spiro atoms. The van der Waals surface area contributed by atoms with Gasteiger partial charge in [-0.05, 0) is 32.5 Å². The van der Waals surface area contributed by atoms with E-state index in [0.29, 0.717) is 0 Å². The average Bonchev–Trinajstić information content (AvgIpc) is 2.03. The fraction of sp³-hybridized carbons (Fsp3) is 0.455. The molecule has 0 atom stereocenters. The number of aryl methyl sites for hydroxylation is 1. The summed E-state index contributed by atoms with van der Waals surface area (Å²) in [6.45, 7) is 5.01. The summed E-state index contributed by atoms with van der Waals surface area (Å²) in [4.78, 5) is 2.26. The van der Waals surface area contributed by atoms with Crippen LogP contribution in [0, 0.1) is 12.7 Å². The van der Waals surface area contributed by atoms with Crippen LogP contribution in [0.4, 0.5) is 4.39 Å². The fourth-order valence-electron chi connectivity index (χ4n) is 1.61. The van der Waals surface area contributed by atoms with Crippen LogP contribution in [0.15, 0.2) is 18.2 Å². The topological polar surface area (TPSA) is 3.24 Å². The van der Waals surface area contributed by atoms with E-state index in [-0.39, 0.29) is 5.82 Å². The molecule has 70 valence electrons. The van der Waals surface area contributed by atoms with Gasteiger partial charge in [0.15, 0.2) is 0 Å². The second-order valence-corrected chi connectivity index (χ2v) is 3.72. The van der Waals surface area contributed by atoms with Gasteiger partial charge in [0.1, 0.15) is 5.82 Å². The highest BCUT2D eigenvalue weighted by Gasteiger charge is 2.15. The monoisotopic (exact) mass is 179 g/mol. The van der Waals surface area contributed by atoms with Crippen molar-refractivity contribution in [3.63, 3.8) is 0 Å². The van der Waals surface area contributed by atoms with Crippen molar-refractivity contribution in [3.05, 3.63) is 35.1 Å². The zero-order valence-electron chi connectivity index (χ0n) is 7.89. The summed E-state index contributed by atoms with van der Waals surface area (Å²) in [5, 5.41) is 0. The Morgan fingerprint density at radius 1 is 1.38 bits per heavy atom. The lowest BCUT2D eigenvalue weighted by molar-refractivity contribution is 0.170. The van der Waals surface area contributed by atoms with Gasteiger partial charge in [0.25, 0.3) is 0 Å². The lowest BCUT2D eigenvalue weighted by atomic mass is 10.1. The van der Waals surface area contributed by atoms with Gasteiger partial charge in [0, 0.05) is 12.1 Å². The maximum atomic E-state index is 13.3. The first-order valence-electron chi connectivity index (χ1n) is 4.73. The van der Waals surface area contributed by atoms with Crippen LogP contribution in [-0.2, 0) is 6.54 Å². The zero-order chi connectivity index (χ0) is 9.26. The summed E-state index contributed by atoms with van der Waals surface area (Å²) in [7, 11) is 0. The van der Waals surface area contributed by atoms with Gasteiger partial charge in [-0.25, -0.2) is 4.39 Å². The number of nitrogens with zero attached hydrogens (tertiary/aromatic N) is 1. The number of likely N-dealkylation sites (tertiary alicyclic amines) is 1. The maximum absolute atomic E-state index is 13.3. The minimum absolute atomic E-state index is 0.0718. The number of halogens is 1. The fourth-order valence-corrected chi connectivity index (χ4v) is 1.61. The van der Waals surface area contributed by atoms with Crippen molar-refractivity contribution in [2.24, 2.45) is 0 Å². The van der Waals surface area contributed by atoms with Gasteiger partial charge in [-0.15, -0.1) is 0 Å². The van der Waals surface area contributed by atoms with Crippen LogP contribution in [-0.4, -0.2) is 18.0 Å². The summed E-state index contributed by atoms with van der Waals surface area (Å²) in [5.41, 5.74) is 1.97. The molecule has 1 aromatic rings. The van der Waals surface area contributed by atoms with Crippen molar-refractivity contribution in [2.75, 3.05) is 13.1 Å². The summed E-state index contributed by atoms with van der Waals surface area (Å²) < 4.78 is 13.3. The van der Waals surface area contributed by atoms with E-state index in [2.05, 4.69) is 4.90 Å². The molecule has 2 heteroatoms. The Morgan fingerprint density at radius 3 is 2.77 bits per heavy atom. The van der Waals surface area contributed by atoms with Gasteiger partial charge in [-0.1, -0.05) is 17.7 Å². The van der Waals surface area contributed by atoms with Gasteiger partial charge in [-0.3, -0.25) is 4.90 Å². The number of hydrogen-bond acceptors (Lipinski definition) is 1. The maximum Gasteiger partial charge on any atom is 0.127 e. The third-order valence-corrected chi connectivity index (χ3v) is 2.54. The van der Waals surface area contributed by atoms with Crippen LogP contribution in [0.25, 0.3) is 0 Å². The molecule has 1 saturated heterocycles. The molecular formula is C11H14FN. The van der Waals surface area contributed by atoms with Crippen molar-refractivity contribution >= 4 is 0 Å². The van der Waals surface area contributed by atoms with Gasteiger partial charge in [0.05, 0.1) is 0 Å². The smallest absolute Gasteiger partial charge is 0.127 e. The van der Waals surface area contributed by atoms with E-state index in [0.717, 1.165) is 30.8 Å². The Morgan fingerprint density at radius 2 is 2.15 bits per heavy atom. The molecule has 2 rings (SSSR count). The molecule has 0 radical (unpaired) electrons. The van der Waals surface area contributed by atoms with E-state index in [9.17, 15) is 4.39 Å². The predicted molar refractivity (Wildman–Crippen MR) is 51.0 cm³/mol. The molecule has 1 aromatic carbocycles. The standard InChI is InChI=1S/C11H14FN/c1-9-3-4-11(12)10(7-9)8-13-5-2-6-13/h3-4,7H,2,5-6,8H2,1H3. The van der Waals surface area contributed by atoms with Crippen LogP contribution < -0.4 is 0 Å². The molecule has 13 heavy (non-hydrogen) atoms. The summed E-state index contributed by atoms with van der Waals surface area (Å²) in [6.07, 6.45) is 1.26. The average molecular weight is 179 g/mol. The highest BCUT2D eigenvalue weighted by Crippen LogP contribution is 2.16. The van der Waals surface area contributed by atoms with Crippen molar-refractivity contribution < 1.29 is 4.39 Å². The molecule has 1 fully saturated rings. The Labute approximate surface area is 78.2 Å². The third-order valence-electron chi connectivity index (χ3n) is 2.54. The first-order valence-corrected chi connectivity index (χ1v) is 4.73. The molecule has 0 aliphatic carbocycles. The lowest BCUT2D eigenvalue weighted by Gasteiger charge is -2.30. The van der Waals surface area contributed by atoms with Crippen LogP contribution in [0.2, 0.25) is 0 Å². The molecule has 1 aliphatic rings. The van der Waals surface area contributed by atoms with Crippen molar-refractivity contribution in [3.8, 4) is 0 Å². The van der Waals surface area contributed by atoms with Gasteiger partial charge in [-0.2, -0.15) is 0 Å². The van der Waals surface area contributed by atoms with Crippen molar-refractivity contribution in [1.82, 2.24) is 4.90 Å². The second-order valence-electron chi connectivity index (χ2n) is 3.72. The van der Waals surface area contributed by atoms with Crippen LogP contribution in [0.5, 0.6) is 0 Å². The van der Waals surface area contributed by atoms with Crippen LogP contribution in [0.1, 0.15) is 17.5 Å². The zero-order valence-corrected chi connectivity index (χ0v) is 7.89. The van der Waals surface area contributed by atoms with E-state index in [1.54, 1.807) is 6.07 Å². The van der Waals surface area contributed by atoms with Crippen LogP contribution in [0.3, 0.4) is 0 Å². The Hall–Kier alpha value is -0.890. The lowest BCUT2D eigenvalue weighted by Crippen LogP contribution is -2.36. The van der Waals surface area contributed by atoms with Crippen molar-refractivity contribution in [2.45, 2.75) is 19.9 Å². The number of rotatable bonds is 2. The molecule has 1 nitrogen and oxygen atoms in total. The highest BCUT2D eigenvalue weighted by atomic mass is 19.1. The first-order chi connectivity index (χ1) is 6.25. The molecule has 0 aromatic heterocycles. The molecule has 1 heterocycles. The molecular weight excluding hydrogens is 165 g/mol. The normalized spacial score (nSPS) is 17.1. The minimum atomic E-state index is -0.0718. The van der Waals surface area contributed by atoms with Crippen LogP contribution >= 0.6 is 0 Å². The van der Waals surface area contributed by atoms with Crippen molar-refractivity contribution in [1.29, 1.82) is 0 Å². The molecule has 0 bridgehead atoms. The summed E-state index contributed by atoms with van der Waals surface area (Å²) >= 11 is 0. The molecule has 0 unspecified atom stereocenters. The minimum Gasteiger partial charge on any atom is -0.299 e.